The maximum atomic E-state index is 13.6. The minimum Gasteiger partial charge on any atom is -0.481 e. The molecule has 0 radical (unpaired) electrons. The first kappa shape index (κ1) is 28.2. The summed E-state index contributed by atoms with van der Waals surface area (Å²) in [5, 5.41) is 15.2. The molecule has 200 valence electrons. The first-order valence-corrected chi connectivity index (χ1v) is 13.0. The SMILES string of the molecule is C#CCN1CC(=O)[N+]2(CCN(CCCCCC)C(=O)[C@@H]2CCC(=O)O)CN1C(=O)NCc1ccccc1. The molecule has 2 aliphatic rings. The minimum atomic E-state index is -1.03. The Bertz CT molecular complexity index is 1010. The average Bonchev–Trinajstić information content (AvgIpc) is 2.88. The summed E-state index contributed by atoms with van der Waals surface area (Å²) in [5.74, 6) is 1.03. The monoisotopic (exact) mass is 512 g/mol. The third kappa shape index (κ3) is 6.87. The van der Waals surface area contributed by atoms with E-state index in [1.807, 2.05) is 30.3 Å². The lowest BCUT2D eigenvalue weighted by Crippen LogP contribution is -2.78. The molecule has 1 unspecified atom stereocenters. The van der Waals surface area contributed by atoms with Crippen LogP contribution in [0.2, 0.25) is 0 Å². The van der Waals surface area contributed by atoms with Gasteiger partial charge in [-0.3, -0.25) is 9.59 Å². The number of terminal acetylenes is 1. The molecule has 1 aromatic rings. The zero-order valence-corrected chi connectivity index (χ0v) is 21.6. The van der Waals surface area contributed by atoms with Gasteiger partial charge in [0.05, 0.1) is 19.5 Å². The number of amides is 4. The summed E-state index contributed by atoms with van der Waals surface area (Å²) >= 11 is 0. The highest BCUT2D eigenvalue weighted by atomic mass is 16.4. The van der Waals surface area contributed by atoms with Gasteiger partial charge in [0.2, 0.25) is 0 Å². The normalized spacial score (nSPS) is 22.2. The number of hydrogen-bond acceptors (Lipinski definition) is 5. The van der Waals surface area contributed by atoms with E-state index in [2.05, 4.69) is 18.2 Å². The lowest BCUT2D eigenvalue weighted by Gasteiger charge is -2.53. The number of benzene rings is 1. The molecule has 0 saturated carbocycles. The Kier molecular flexibility index (Phi) is 10.1. The zero-order chi connectivity index (χ0) is 26.8. The first-order valence-electron chi connectivity index (χ1n) is 13.0. The maximum Gasteiger partial charge on any atom is 0.336 e. The van der Waals surface area contributed by atoms with Crippen molar-refractivity contribution in [3.63, 3.8) is 0 Å². The van der Waals surface area contributed by atoms with Crippen molar-refractivity contribution in [2.75, 3.05) is 39.4 Å². The second-order valence-corrected chi connectivity index (χ2v) is 9.70. The quantitative estimate of drug-likeness (QED) is 0.267. The van der Waals surface area contributed by atoms with Crippen LogP contribution in [0.25, 0.3) is 0 Å². The Morgan fingerprint density at radius 1 is 1.19 bits per heavy atom. The molecule has 10 nitrogen and oxygen atoms in total. The Balaban J connectivity index is 1.83. The molecule has 1 aromatic carbocycles. The second kappa shape index (κ2) is 13.2. The molecule has 3 rings (SSSR count). The van der Waals surface area contributed by atoms with E-state index in [0.29, 0.717) is 26.2 Å². The van der Waals surface area contributed by atoms with Crippen LogP contribution in [0.15, 0.2) is 30.3 Å². The number of nitrogens with one attached hydrogen (secondary N) is 1. The van der Waals surface area contributed by atoms with E-state index in [4.69, 9.17) is 6.42 Å². The van der Waals surface area contributed by atoms with Gasteiger partial charge in [0.15, 0.2) is 12.7 Å². The van der Waals surface area contributed by atoms with E-state index >= 15 is 0 Å². The topological polar surface area (TPSA) is 110 Å². The fraction of sp³-hybridized carbons (Fsp3) is 0.556. The molecular weight excluding hydrogens is 474 g/mol. The van der Waals surface area contributed by atoms with Crippen LogP contribution in [-0.2, 0) is 20.9 Å². The number of carboxylic acids is 1. The van der Waals surface area contributed by atoms with Gasteiger partial charge in [0.1, 0.15) is 13.1 Å². The highest BCUT2D eigenvalue weighted by Crippen LogP contribution is 2.30. The van der Waals surface area contributed by atoms with Gasteiger partial charge in [-0.2, -0.15) is 5.01 Å². The number of aliphatic carboxylic acids is 1. The van der Waals surface area contributed by atoms with Crippen molar-refractivity contribution in [3.8, 4) is 12.3 Å². The summed E-state index contributed by atoms with van der Waals surface area (Å²) in [6.45, 7) is 3.57. The van der Waals surface area contributed by atoms with Crippen LogP contribution in [0.1, 0.15) is 51.0 Å². The van der Waals surface area contributed by atoms with Gasteiger partial charge in [-0.25, -0.2) is 19.1 Å². The molecule has 37 heavy (non-hydrogen) atoms. The molecule has 10 heteroatoms. The molecule has 2 fully saturated rings. The van der Waals surface area contributed by atoms with E-state index in [1.165, 1.54) is 10.0 Å². The van der Waals surface area contributed by atoms with Crippen LogP contribution in [0.3, 0.4) is 0 Å². The number of rotatable bonds is 11. The first-order chi connectivity index (χ1) is 17.8. The standard InChI is InChI=1S/C27H37N5O5/c1-3-5-6-10-16-29-17-18-32(23(26(29)36)13-14-25(34)35)21-31(30(15-4-2)20-24(32)33)27(37)28-19-22-11-8-7-9-12-22/h2,7-9,11-12,23H,3,5-6,10,13-21H2,1H3,(H-,28,34,35,37)/p+1/t23-,32?/m0/s1. The van der Waals surface area contributed by atoms with Crippen molar-refractivity contribution in [1.29, 1.82) is 0 Å². The fourth-order valence-electron chi connectivity index (χ4n) is 5.13. The number of hydrogen-bond donors (Lipinski definition) is 2. The van der Waals surface area contributed by atoms with E-state index < -0.39 is 18.0 Å². The number of quaternary nitrogens is 1. The summed E-state index contributed by atoms with van der Waals surface area (Å²) in [6.07, 6.45) is 9.36. The maximum absolute atomic E-state index is 13.6. The van der Waals surface area contributed by atoms with Crippen molar-refractivity contribution in [1.82, 2.24) is 20.2 Å². The number of carbonyl (C=O) groups is 4. The average molecular weight is 513 g/mol. The van der Waals surface area contributed by atoms with E-state index in [-0.39, 0.29) is 48.9 Å². The summed E-state index contributed by atoms with van der Waals surface area (Å²) in [4.78, 5) is 53.7. The molecule has 1 spiro atoms. The lowest BCUT2D eigenvalue weighted by atomic mass is 10.00. The fourth-order valence-corrected chi connectivity index (χ4v) is 5.13. The van der Waals surface area contributed by atoms with Crippen LogP contribution in [0.4, 0.5) is 4.79 Å². The number of carbonyl (C=O) groups excluding carboxylic acids is 3. The Hall–Kier alpha value is -3.42. The van der Waals surface area contributed by atoms with Gasteiger partial charge in [-0.1, -0.05) is 62.4 Å². The molecule has 2 heterocycles. The largest absolute Gasteiger partial charge is 0.481 e. The predicted octanol–water partition coefficient (Wildman–Crippen LogP) is 2.02. The smallest absolute Gasteiger partial charge is 0.336 e. The number of hydrazine groups is 1. The summed E-state index contributed by atoms with van der Waals surface area (Å²) in [7, 11) is 0. The molecule has 2 atom stereocenters. The van der Waals surface area contributed by atoms with Gasteiger partial charge in [-0.15, -0.1) is 6.42 Å². The van der Waals surface area contributed by atoms with Gasteiger partial charge in [0.25, 0.3) is 5.91 Å². The molecule has 0 aromatic heterocycles. The van der Waals surface area contributed by atoms with Crippen LogP contribution in [0, 0.1) is 12.3 Å². The molecule has 4 amide bonds. The van der Waals surface area contributed by atoms with Crippen molar-refractivity contribution >= 4 is 23.8 Å². The number of piperazine rings is 1. The third-order valence-electron chi connectivity index (χ3n) is 7.21. The van der Waals surface area contributed by atoms with Crippen molar-refractivity contribution in [2.45, 2.75) is 58.0 Å². The van der Waals surface area contributed by atoms with Crippen LogP contribution < -0.4 is 5.32 Å². The number of unbranched alkanes of at least 4 members (excludes halogenated alkanes) is 3. The van der Waals surface area contributed by atoms with Crippen LogP contribution >= 0.6 is 0 Å². The molecular formula is C27H38N5O5+. The van der Waals surface area contributed by atoms with E-state index in [0.717, 1.165) is 31.2 Å². The van der Waals surface area contributed by atoms with Crippen LogP contribution in [0.5, 0.6) is 0 Å². The summed E-state index contributed by atoms with van der Waals surface area (Å²) in [5.41, 5.74) is 0.919. The molecule has 2 N–H and O–H groups in total. The zero-order valence-electron chi connectivity index (χ0n) is 21.6. The highest BCUT2D eigenvalue weighted by Gasteiger charge is 2.57. The Morgan fingerprint density at radius 3 is 2.62 bits per heavy atom. The predicted molar refractivity (Wildman–Crippen MR) is 137 cm³/mol. The summed E-state index contributed by atoms with van der Waals surface area (Å²) in [6, 6.07) is 8.17. The molecule has 2 saturated heterocycles. The van der Waals surface area contributed by atoms with Crippen LogP contribution in [-0.4, -0.2) is 93.8 Å². The third-order valence-corrected chi connectivity index (χ3v) is 7.21. The molecule has 2 aliphatic heterocycles. The number of urea groups is 1. The van der Waals surface area contributed by atoms with Crippen molar-refractivity contribution in [3.05, 3.63) is 35.9 Å². The second-order valence-electron chi connectivity index (χ2n) is 9.70. The minimum absolute atomic E-state index is 0.0278. The Morgan fingerprint density at radius 2 is 1.95 bits per heavy atom. The van der Waals surface area contributed by atoms with Gasteiger partial charge in [-0.05, 0) is 12.0 Å². The summed E-state index contributed by atoms with van der Waals surface area (Å²) < 4.78 is -0.266. The van der Waals surface area contributed by atoms with Crippen molar-refractivity contribution < 1.29 is 28.8 Å². The number of nitrogens with zero attached hydrogens (tertiary/aromatic N) is 4. The van der Waals surface area contributed by atoms with Gasteiger partial charge >= 0.3 is 17.9 Å². The lowest BCUT2D eigenvalue weighted by molar-refractivity contribution is -0.890. The molecule has 0 aliphatic carbocycles. The molecule has 0 bridgehead atoms. The van der Waals surface area contributed by atoms with Gasteiger partial charge < -0.3 is 15.3 Å². The number of carboxylic acid groups (broad SMARTS) is 1. The van der Waals surface area contributed by atoms with E-state index in [1.54, 1.807) is 4.90 Å². The Labute approximate surface area is 218 Å². The van der Waals surface area contributed by atoms with Gasteiger partial charge in [0, 0.05) is 19.5 Å². The highest BCUT2D eigenvalue weighted by molar-refractivity contribution is 5.86. The van der Waals surface area contributed by atoms with E-state index in [9.17, 15) is 24.3 Å². The van der Waals surface area contributed by atoms with Crippen molar-refractivity contribution in [2.24, 2.45) is 0 Å².